The lowest BCUT2D eigenvalue weighted by molar-refractivity contribution is -0.132. The predicted molar refractivity (Wildman–Crippen MR) is 125 cm³/mol. The van der Waals surface area contributed by atoms with Gasteiger partial charge in [0.25, 0.3) is 0 Å². The van der Waals surface area contributed by atoms with Gasteiger partial charge in [-0.05, 0) is 56.9 Å². The molecule has 0 saturated carbocycles. The lowest BCUT2D eigenvalue weighted by atomic mass is 9.82. The van der Waals surface area contributed by atoms with Crippen molar-refractivity contribution in [1.82, 2.24) is 15.1 Å². The van der Waals surface area contributed by atoms with Crippen molar-refractivity contribution in [2.75, 3.05) is 40.5 Å². The minimum Gasteiger partial charge on any atom is -0.493 e. The van der Waals surface area contributed by atoms with Gasteiger partial charge in [-0.3, -0.25) is 14.1 Å². The maximum absolute atomic E-state index is 13.4. The number of amides is 2. The number of rotatable bonds is 5. The van der Waals surface area contributed by atoms with Crippen molar-refractivity contribution in [2.24, 2.45) is 5.92 Å². The van der Waals surface area contributed by atoms with Crippen molar-refractivity contribution in [3.05, 3.63) is 23.3 Å². The summed E-state index contributed by atoms with van der Waals surface area (Å²) in [6, 6.07) is 3.54. The number of benzene rings is 1. The number of nitrogens with zero attached hydrogens (tertiary/aromatic N) is 2. The van der Waals surface area contributed by atoms with Gasteiger partial charge in [0.05, 0.1) is 33.0 Å². The number of likely N-dealkylation sites (tertiary alicyclic amines) is 1. The molecule has 9 heteroatoms. The Kier molecular flexibility index (Phi) is 6.94. The molecule has 0 radical (unpaired) electrons. The summed E-state index contributed by atoms with van der Waals surface area (Å²) in [4.78, 5) is 29.6. The van der Waals surface area contributed by atoms with E-state index in [0.717, 1.165) is 18.5 Å². The van der Waals surface area contributed by atoms with Crippen LogP contribution in [0, 0.1) is 5.92 Å². The second-order valence-corrected chi connectivity index (χ2v) is 10.5. The molecule has 34 heavy (non-hydrogen) atoms. The fourth-order valence-corrected chi connectivity index (χ4v) is 5.50. The van der Waals surface area contributed by atoms with Crippen molar-refractivity contribution in [2.45, 2.75) is 63.8 Å². The SMILES string of the molecule is COc1cc2c(cc1OC)C1CC(NC(=O)OC(C)(C)C)C(N3CC(CF)CC3=O)CN1CC2. The zero-order valence-electron chi connectivity index (χ0n) is 20.7. The van der Waals surface area contributed by atoms with Crippen LogP contribution in [0.3, 0.4) is 0 Å². The quantitative estimate of drug-likeness (QED) is 0.702. The fourth-order valence-electron chi connectivity index (χ4n) is 5.50. The first-order valence-electron chi connectivity index (χ1n) is 12.0. The molecule has 4 rings (SSSR count). The first-order chi connectivity index (χ1) is 16.1. The molecule has 4 unspecified atom stereocenters. The van der Waals surface area contributed by atoms with E-state index in [0.29, 0.717) is 31.0 Å². The molecule has 2 amide bonds. The number of fused-ring (bicyclic) bond motifs is 3. The zero-order valence-corrected chi connectivity index (χ0v) is 20.7. The van der Waals surface area contributed by atoms with E-state index in [1.54, 1.807) is 19.1 Å². The minimum absolute atomic E-state index is 0.0501. The first kappa shape index (κ1) is 24.6. The molecule has 1 aromatic rings. The summed E-state index contributed by atoms with van der Waals surface area (Å²) >= 11 is 0. The third kappa shape index (κ3) is 4.94. The van der Waals surface area contributed by atoms with Crippen LogP contribution in [0.2, 0.25) is 0 Å². The molecule has 0 bridgehead atoms. The normalized spacial score (nSPS) is 27.1. The number of ether oxygens (including phenoxy) is 3. The van der Waals surface area contributed by atoms with Gasteiger partial charge in [-0.2, -0.15) is 0 Å². The smallest absolute Gasteiger partial charge is 0.407 e. The third-order valence-electron chi connectivity index (χ3n) is 7.04. The van der Waals surface area contributed by atoms with Gasteiger partial charge >= 0.3 is 6.09 Å². The average Bonchev–Trinajstić information content (AvgIpc) is 3.16. The highest BCUT2D eigenvalue weighted by Crippen LogP contribution is 2.43. The average molecular weight is 478 g/mol. The highest BCUT2D eigenvalue weighted by molar-refractivity contribution is 5.79. The summed E-state index contributed by atoms with van der Waals surface area (Å²) in [5.74, 6) is 1.03. The summed E-state index contributed by atoms with van der Waals surface area (Å²) in [5, 5.41) is 3.04. The highest BCUT2D eigenvalue weighted by Gasteiger charge is 2.46. The molecule has 3 aliphatic rings. The summed E-state index contributed by atoms with van der Waals surface area (Å²) in [5.41, 5.74) is 1.71. The van der Waals surface area contributed by atoms with E-state index in [-0.39, 0.29) is 36.4 Å². The van der Waals surface area contributed by atoms with E-state index in [4.69, 9.17) is 14.2 Å². The van der Waals surface area contributed by atoms with Gasteiger partial charge in [0.2, 0.25) is 5.91 Å². The van der Waals surface area contributed by atoms with Crippen LogP contribution in [0.4, 0.5) is 9.18 Å². The molecule has 0 aliphatic carbocycles. The van der Waals surface area contributed by atoms with Crippen molar-refractivity contribution < 1.29 is 28.2 Å². The van der Waals surface area contributed by atoms with Gasteiger partial charge in [0, 0.05) is 38.0 Å². The molecular weight excluding hydrogens is 441 g/mol. The van der Waals surface area contributed by atoms with E-state index >= 15 is 0 Å². The Balaban J connectivity index is 1.63. The van der Waals surface area contributed by atoms with Gasteiger partial charge in [-0.25, -0.2) is 4.79 Å². The number of alkyl halides is 1. The third-order valence-corrected chi connectivity index (χ3v) is 7.04. The molecule has 2 saturated heterocycles. The van der Waals surface area contributed by atoms with Crippen LogP contribution < -0.4 is 14.8 Å². The zero-order chi connectivity index (χ0) is 24.6. The lowest BCUT2D eigenvalue weighted by Crippen LogP contribution is -2.62. The van der Waals surface area contributed by atoms with Gasteiger partial charge < -0.3 is 24.4 Å². The summed E-state index contributed by atoms with van der Waals surface area (Å²) in [6.07, 6.45) is 1.17. The van der Waals surface area contributed by atoms with Crippen LogP contribution in [0.1, 0.15) is 50.8 Å². The minimum atomic E-state index is -0.634. The highest BCUT2D eigenvalue weighted by atomic mass is 19.1. The van der Waals surface area contributed by atoms with Gasteiger partial charge in [0.1, 0.15) is 5.60 Å². The Hall–Kier alpha value is -2.55. The predicted octanol–water partition coefficient (Wildman–Crippen LogP) is 3.09. The van der Waals surface area contributed by atoms with Crippen molar-refractivity contribution in [1.29, 1.82) is 0 Å². The number of alkyl carbamates (subject to hydrolysis) is 1. The summed E-state index contributed by atoms with van der Waals surface area (Å²) in [6.45, 7) is 6.76. The number of carbonyl (C=O) groups excluding carboxylic acids is 2. The van der Waals surface area contributed by atoms with Crippen molar-refractivity contribution >= 4 is 12.0 Å². The van der Waals surface area contributed by atoms with Crippen LogP contribution in [0.15, 0.2) is 12.1 Å². The number of halogens is 1. The molecule has 3 heterocycles. The van der Waals surface area contributed by atoms with Crippen LogP contribution in [-0.4, -0.2) is 80.0 Å². The topological polar surface area (TPSA) is 80.3 Å². The fraction of sp³-hybridized carbons (Fsp3) is 0.680. The molecule has 2 fully saturated rings. The molecular formula is C25H36FN3O5. The number of hydrogen-bond donors (Lipinski definition) is 1. The van der Waals surface area contributed by atoms with E-state index in [9.17, 15) is 14.0 Å². The van der Waals surface area contributed by atoms with Crippen molar-refractivity contribution in [3.63, 3.8) is 0 Å². The Morgan fingerprint density at radius 3 is 2.50 bits per heavy atom. The van der Waals surface area contributed by atoms with E-state index in [2.05, 4.69) is 10.2 Å². The monoisotopic (exact) mass is 477 g/mol. The Morgan fingerprint density at radius 2 is 1.88 bits per heavy atom. The molecule has 188 valence electrons. The first-order valence-corrected chi connectivity index (χ1v) is 12.0. The van der Waals surface area contributed by atoms with Crippen molar-refractivity contribution in [3.8, 4) is 11.5 Å². The summed E-state index contributed by atoms with van der Waals surface area (Å²) in [7, 11) is 3.25. The number of hydrogen-bond acceptors (Lipinski definition) is 6. The molecule has 0 aromatic heterocycles. The number of nitrogens with one attached hydrogen (secondary N) is 1. The van der Waals surface area contributed by atoms with Crippen LogP contribution in [-0.2, 0) is 16.0 Å². The van der Waals surface area contributed by atoms with Crippen LogP contribution in [0.25, 0.3) is 0 Å². The standard InChI is InChI=1S/C25H36FN3O5/c1-25(2,3)34-24(31)27-18-11-19-17-10-22(33-5)21(32-4)9-16(17)6-7-28(19)14-20(18)29-13-15(12-26)8-23(29)30/h9-10,15,18-20H,6-8,11-14H2,1-5H3,(H,27,31). The molecule has 8 nitrogen and oxygen atoms in total. The molecule has 3 aliphatic heterocycles. The summed E-state index contributed by atoms with van der Waals surface area (Å²) < 4.78 is 29.9. The number of methoxy groups -OCH3 is 2. The molecule has 1 N–H and O–H groups in total. The number of piperidine rings is 1. The maximum Gasteiger partial charge on any atom is 0.407 e. The number of carbonyl (C=O) groups is 2. The van der Waals surface area contributed by atoms with E-state index < -0.39 is 18.4 Å². The van der Waals surface area contributed by atoms with Gasteiger partial charge in [0.15, 0.2) is 11.5 Å². The Morgan fingerprint density at radius 1 is 1.18 bits per heavy atom. The second-order valence-electron chi connectivity index (χ2n) is 10.5. The molecule has 4 atom stereocenters. The van der Waals surface area contributed by atoms with E-state index in [1.807, 2.05) is 32.9 Å². The Labute approximate surface area is 200 Å². The maximum atomic E-state index is 13.4. The van der Waals surface area contributed by atoms with Crippen LogP contribution >= 0.6 is 0 Å². The molecule has 1 aromatic carbocycles. The molecule has 0 spiro atoms. The lowest BCUT2D eigenvalue weighted by Gasteiger charge is -2.49. The Bertz CT molecular complexity index is 934. The van der Waals surface area contributed by atoms with E-state index in [1.165, 1.54) is 5.56 Å². The van der Waals surface area contributed by atoms with Gasteiger partial charge in [-0.1, -0.05) is 0 Å². The second kappa shape index (κ2) is 9.60. The largest absolute Gasteiger partial charge is 0.493 e. The van der Waals surface area contributed by atoms with Gasteiger partial charge in [-0.15, -0.1) is 0 Å². The van der Waals surface area contributed by atoms with Crippen LogP contribution in [0.5, 0.6) is 11.5 Å².